The van der Waals surface area contributed by atoms with Gasteiger partial charge in [0.25, 0.3) is 5.89 Å². The van der Waals surface area contributed by atoms with Gasteiger partial charge in [-0.15, -0.1) is 0 Å². The molecule has 0 spiro atoms. The second-order valence-corrected chi connectivity index (χ2v) is 5.05. The topological polar surface area (TPSA) is 77.4 Å². The third-order valence-electron chi connectivity index (χ3n) is 2.80. The number of rotatable bonds is 5. The maximum absolute atomic E-state index is 6.03. The fourth-order valence-electron chi connectivity index (χ4n) is 1.69. The van der Waals surface area contributed by atoms with Gasteiger partial charge in [-0.1, -0.05) is 16.8 Å². The minimum Gasteiger partial charge on any atom is -0.496 e. The van der Waals surface area contributed by atoms with Gasteiger partial charge < -0.3 is 19.9 Å². The normalized spacial score (nSPS) is 11.1. The standard InChI is InChI=1S/C13H17ClN4O2/c1-18(2)5-4-12-16-13(20-17-12)8-6-9(14)10(15)7-11(8)19-3/h6-7H,4-5,15H2,1-3H3. The predicted octanol–water partition coefficient (Wildman–Crippen LogP) is 2.08. The summed E-state index contributed by atoms with van der Waals surface area (Å²) in [4.78, 5) is 6.40. The molecular weight excluding hydrogens is 280 g/mol. The largest absolute Gasteiger partial charge is 0.496 e. The first kappa shape index (κ1) is 14.6. The molecule has 0 aliphatic carbocycles. The fraction of sp³-hybridized carbons (Fsp3) is 0.385. The highest BCUT2D eigenvalue weighted by molar-refractivity contribution is 6.33. The monoisotopic (exact) mass is 296 g/mol. The van der Waals surface area contributed by atoms with E-state index in [9.17, 15) is 0 Å². The van der Waals surface area contributed by atoms with Gasteiger partial charge in [-0.05, 0) is 20.2 Å². The molecule has 0 bridgehead atoms. The van der Waals surface area contributed by atoms with Crippen LogP contribution in [0.15, 0.2) is 16.7 Å². The molecule has 1 aromatic carbocycles. The smallest absolute Gasteiger partial charge is 0.261 e. The van der Waals surface area contributed by atoms with Crippen LogP contribution in [-0.2, 0) is 6.42 Å². The third-order valence-corrected chi connectivity index (χ3v) is 3.13. The van der Waals surface area contributed by atoms with Crippen LogP contribution in [0.4, 0.5) is 5.69 Å². The number of ether oxygens (including phenoxy) is 1. The van der Waals surface area contributed by atoms with Crippen molar-refractivity contribution in [2.75, 3.05) is 33.5 Å². The van der Waals surface area contributed by atoms with E-state index in [0.29, 0.717) is 40.2 Å². The van der Waals surface area contributed by atoms with Gasteiger partial charge >= 0.3 is 0 Å². The minimum atomic E-state index is 0.373. The first-order valence-electron chi connectivity index (χ1n) is 6.12. The summed E-state index contributed by atoms with van der Waals surface area (Å²) >= 11 is 6.03. The summed E-state index contributed by atoms with van der Waals surface area (Å²) in [5.41, 5.74) is 6.82. The third kappa shape index (κ3) is 3.20. The molecule has 0 aliphatic rings. The zero-order chi connectivity index (χ0) is 14.7. The number of methoxy groups -OCH3 is 1. The Morgan fingerprint density at radius 3 is 2.80 bits per heavy atom. The second kappa shape index (κ2) is 6.11. The van der Waals surface area contributed by atoms with E-state index in [2.05, 4.69) is 15.0 Å². The zero-order valence-corrected chi connectivity index (χ0v) is 12.4. The molecule has 1 heterocycles. The van der Waals surface area contributed by atoms with E-state index in [0.717, 1.165) is 6.54 Å². The van der Waals surface area contributed by atoms with Crippen molar-refractivity contribution in [1.29, 1.82) is 0 Å². The van der Waals surface area contributed by atoms with Gasteiger partial charge in [0.2, 0.25) is 0 Å². The Morgan fingerprint density at radius 1 is 1.40 bits per heavy atom. The predicted molar refractivity (Wildman–Crippen MR) is 78.0 cm³/mol. The number of nitrogen functional groups attached to an aromatic ring is 1. The molecule has 0 aliphatic heterocycles. The Balaban J connectivity index is 2.29. The van der Waals surface area contributed by atoms with Crippen LogP contribution in [-0.4, -0.2) is 42.8 Å². The maximum atomic E-state index is 6.03. The van der Waals surface area contributed by atoms with Crippen LogP contribution in [0.3, 0.4) is 0 Å². The second-order valence-electron chi connectivity index (χ2n) is 4.64. The number of anilines is 1. The van der Waals surface area contributed by atoms with E-state index in [1.807, 2.05) is 14.1 Å². The molecule has 0 unspecified atom stereocenters. The Hall–Kier alpha value is -1.79. The number of likely N-dealkylation sites (N-methyl/N-ethyl adjacent to an activating group) is 1. The van der Waals surface area contributed by atoms with Crippen molar-refractivity contribution in [1.82, 2.24) is 15.0 Å². The van der Waals surface area contributed by atoms with E-state index in [1.165, 1.54) is 0 Å². The van der Waals surface area contributed by atoms with Gasteiger partial charge in [0.05, 0.1) is 23.4 Å². The summed E-state index contributed by atoms with van der Waals surface area (Å²) in [5, 5.41) is 4.37. The van der Waals surface area contributed by atoms with Crippen LogP contribution in [0.1, 0.15) is 5.82 Å². The average molecular weight is 297 g/mol. The molecule has 108 valence electrons. The van der Waals surface area contributed by atoms with Gasteiger partial charge in [0.15, 0.2) is 5.82 Å². The Morgan fingerprint density at radius 2 is 2.15 bits per heavy atom. The minimum absolute atomic E-state index is 0.373. The van der Waals surface area contributed by atoms with Crippen LogP contribution in [0.2, 0.25) is 5.02 Å². The Bertz CT molecular complexity index is 598. The number of nitrogens with two attached hydrogens (primary N) is 1. The molecule has 0 saturated heterocycles. The van der Waals surface area contributed by atoms with Crippen LogP contribution >= 0.6 is 11.6 Å². The molecule has 7 heteroatoms. The molecule has 20 heavy (non-hydrogen) atoms. The highest BCUT2D eigenvalue weighted by Gasteiger charge is 2.16. The van der Waals surface area contributed by atoms with E-state index in [-0.39, 0.29) is 0 Å². The molecule has 0 radical (unpaired) electrons. The van der Waals surface area contributed by atoms with E-state index in [1.54, 1.807) is 19.2 Å². The molecule has 1 aromatic heterocycles. The summed E-state index contributed by atoms with van der Waals surface area (Å²) in [5.74, 6) is 1.57. The zero-order valence-electron chi connectivity index (χ0n) is 11.7. The number of aromatic nitrogens is 2. The molecule has 0 fully saturated rings. The SMILES string of the molecule is COc1cc(N)c(Cl)cc1-c1nc(CCN(C)C)no1. The molecule has 0 saturated carbocycles. The van der Waals surface area contributed by atoms with Crippen LogP contribution in [0.25, 0.3) is 11.5 Å². The fourth-order valence-corrected chi connectivity index (χ4v) is 1.86. The van der Waals surface area contributed by atoms with Crippen LogP contribution in [0.5, 0.6) is 5.75 Å². The van der Waals surface area contributed by atoms with Gasteiger partial charge in [0, 0.05) is 19.0 Å². The molecule has 0 amide bonds. The number of nitrogens with zero attached hydrogens (tertiary/aromatic N) is 3. The van der Waals surface area contributed by atoms with E-state index in [4.69, 9.17) is 26.6 Å². The van der Waals surface area contributed by atoms with Crippen molar-refractivity contribution < 1.29 is 9.26 Å². The van der Waals surface area contributed by atoms with Crippen molar-refractivity contribution in [2.45, 2.75) is 6.42 Å². The van der Waals surface area contributed by atoms with Gasteiger partial charge in [0.1, 0.15) is 5.75 Å². The average Bonchev–Trinajstić information content (AvgIpc) is 2.87. The summed E-state index contributed by atoms with van der Waals surface area (Å²) in [6, 6.07) is 3.31. The van der Waals surface area contributed by atoms with Crippen molar-refractivity contribution in [3.8, 4) is 17.2 Å². The number of hydrogen-bond donors (Lipinski definition) is 1. The Kier molecular flexibility index (Phi) is 4.46. The molecule has 2 N–H and O–H groups in total. The molecule has 0 atom stereocenters. The number of halogens is 1. The molecule has 2 rings (SSSR count). The first-order chi connectivity index (χ1) is 9.51. The highest BCUT2D eigenvalue weighted by atomic mass is 35.5. The summed E-state index contributed by atoms with van der Waals surface area (Å²) in [6.45, 7) is 0.846. The Labute approximate surface area is 122 Å². The lowest BCUT2D eigenvalue weighted by molar-refractivity contribution is 0.389. The van der Waals surface area contributed by atoms with Crippen molar-refractivity contribution >= 4 is 17.3 Å². The number of benzene rings is 1. The first-order valence-corrected chi connectivity index (χ1v) is 6.49. The van der Waals surface area contributed by atoms with Gasteiger partial charge in [-0.3, -0.25) is 0 Å². The van der Waals surface area contributed by atoms with Gasteiger partial charge in [-0.25, -0.2) is 0 Å². The van der Waals surface area contributed by atoms with Crippen molar-refractivity contribution in [3.63, 3.8) is 0 Å². The lowest BCUT2D eigenvalue weighted by Crippen LogP contribution is -2.15. The van der Waals surface area contributed by atoms with E-state index < -0.39 is 0 Å². The summed E-state index contributed by atoms with van der Waals surface area (Å²) in [7, 11) is 5.53. The lowest BCUT2D eigenvalue weighted by Gasteiger charge is -2.07. The van der Waals surface area contributed by atoms with Crippen molar-refractivity contribution in [3.05, 3.63) is 23.0 Å². The van der Waals surface area contributed by atoms with Gasteiger partial charge in [-0.2, -0.15) is 4.98 Å². The van der Waals surface area contributed by atoms with Crippen molar-refractivity contribution in [2.24, 2.45) is 0 Å². The molecular formula is C13H17ClN4O2. The summed E-state index contributed by atoms with van der Waals surface area (Å²) in [6.07, 6.45) is 0.710. The van der Waals surface area contributed by atoms with Crippen LogP contribution in [0, 0.1) is 0 Å². The molecule has 6 nitrogen and oxygen atoms in total. The number of hydrogen-bond acceptors (Lipinski definition) is 6. The summed E-state index contributed by atoms with van der Waals surface area (Å²) < 4.78 is 10.5. The maximum Gasteiger partial charge on any atom is 0.261 e. The lowest BCUT2D eigenvalue weighted by atomic mass is 10.2. The quantitative estimate of drug-likeness (QED) is 0.851. The highest BCUT2D eigenvalue weighted by Crippen LogP contribution is 2.35. The van der Waals surface area contributed by atoms with Crippen LogP contribution < -0.4 is 10.5 Å². The van der Waals surface area contributed by atoms with E-state index >= 15 is 0 Å². The molecule has 2 aromatic rings.